The van der Waals surface area contributed by atoms with E-state index in [1.807, 2.05) is 0 Å². The lowest BCUT2D eigenvalue weighted by molar-refractivity contribution is -0.134. The van der Waals surface area contributed by atoms with Gasteiger partial charge < -0.3 is 4.74 Å². The zero-order valence-corrected chi connectivity index (χ0v) is 5.01. The fourth-order valence-electron chi connectivity index (χ4n) is 0.0833. The number of ether oxygens (including phenoxy) is 1. The molecule has 0 atom stereocenters. The molecular formula is C5H7NO3. The number of isocyanates is 1. The largest absolute Gasteiger partial charge is 0.466 e. The van der Waals surface area contributed by atoms with E-state index in [4.69, 9.17) is 10.2 Å². The van der Waals surface area contributed by atoms with Crippen molar-refractivity contribution in [1.29, 1.82) is 5.41 Å². The third-order valence-corrected chi connectivity index (χ3v) is 0.368. The van der Waals surface area contributed by atoms with Crippen LogP contribution < -0.4 is 0 Å². The third-order valence-electron chi connectivity index (χ3n) is 0.368. The molecule has 0 amide bonds. The number of carbonyl (C=O) groups excluding carboxylic acids is 2. The Labute approximate surface area is 52.6 Å². The molecule has 0 aliphatic rings. The van der Waals surface area contributed by atoms with E-state index in [-0.39, 0.29) is 0 Å². The summed E-state index contributed by atoms with van der Waals surface area (Å²) in [5, 5.41) is 5.40. The molecule has 0 aromatic heterocycles. The number of nitrogens with one attached hydrogen (secondary N) is 1. The lowest BCUT2D eigenvalue weighted by atomic mass is 10.7. The first kappa shape index (κ1) is 10.5. The van der Waals surface area contributed by atoms with Crippen molar-refractivity contribution >= 4 is 12.0 Å². The van der Waals surface area contributed by atoms with Crippen LogP contribution in [0.3, 0.4) is 0 Å². The highest BCUT2D eigenvalue weighted by molar-refractivity contribution is 5.80. The summed E-state index contributed by atoms with van der Waals surface area (Å²) in [6.45, 7) is 3.16. The minimum Gasteiger partial charge on any atom is -0.466 e. The molecule has 1 N–H and O–H groups in total. The van der Waals surface area contributed by atoms with Gasteiger partial charge in [0.05, 0.1) is 7.11 Å². The van der Waals surface area contributed by atoms with Crippen molar-refractivity contribution in [1.82, 2.24) is 0 Å². The Morgan fingerprint density at radius 2 is 2.22 bits per heavy atom. The van der Waals surface area contributed by atoms with Gasteiger partial charge in [-0.05, 0) is 0 Å². The second kappa shape index (κ2) is 9.77. The maximum Gasteiger partial charge on any atom is 0.329 e. The summed E-state index contributed by atoms with van der Waals surface area (Å²) >= 11 is 0. The third kappa shape index (κ3) is 20.7. The van der Waals surface area contributed by atoms with Gasteiger partial charge in [-0.1, -0.05) is 6.58 Å². The summed E-state index contributed by atoms with van der Waals surface area (Å²) < 4.78 is 4.14. The Bertz CT molecular complexity index is 124. The van der Waals surface area contributed by atoms with Gasteiger partial charge in [-0.15, -0.1) is 0 Å². The van der Waals surface area contributed by atoms with Crippen LogP contribution in [0.15, 0.2) is 12.7 Å². The molecule has 0 spiro atoms. The zero-order valence-electron chi connectivity index (χ0n) is 5.01. The van der Waals surface area contributed by atoms with E-state index < -0.39 is 5.97 Å². The predicted octanol–water partition coefficient (Wildman–Crippen LogP) is 0.246. The molecule has 0 bridgehead atoms. The smallest absolute Gasteiger partial charge is 0.329 e. The molecule has 0 aromatic rings. The molecule has 0 aliphatic heterocycles. The van der Waals surface area contributed by atoms with Gasteiger partial charge in [-0.25, -0.2) is 15.0 Å². The van der Waals surface area contributed by atoms with Crippen LogP contribution in [-0.2, 0) is 14.3 Å². The molecule has 0 radical (unpaired) electrons. The Balaban J connectivity index is 0. The molecular weight excluding hydrogens is 122 g/mol. The Hall–Kier alpha value is -1.41. The number of hydrogen-bond donors (Lipinski definition) is 1. The monoisotopic (exact) mass is 129 g/mol. The highest BCUT2D eigenvalue weighted by atomic mass is 16.5. The Morgan fingerprint density at radius 1 is 1.89 bits per heavy atom. The molecule has 0 fully saturated rings. The molecule has 9 heavy (non-hydrogen) atoms. The highest BCUT2D eigenvalue weighted by Gasteiger charge is 1.81. The molecule has 0 aromatic carbocycles. The summed E-state index contributed by atoms with van der Waals surface area (Å²) in [5.74, 6) is -0.394. The van der Waals surface area contributed by atoms with Gasteiger partial charge >= 0.3 is 5.97 Å². The number of hydrogen-bond acceptors (Lipinski definition) is 4. The first-order valence-electron chi connectivity index (χ1n) is 1.97. The van der Waals surface area contributed by atoms with Gasteiger partial charge in [0.25, 0.3) is 0 Å². The SMILES string of the molecule is C=CC(=O)OC.N=C=O. The Morgan fingerprint density at radius 3 is 2.22 bits per heavy atom. The molecule has 4 nitrogen and oxygen atoms in total. The van der Waals surface area contributed by atoms with Crippen LogP contribution in [0.25, 0.3) is 0 Å². The summed E-state index contributed by atoms with van der Waals surface area (Å²) in [7, 11) is 1.31. The maximum atomic E-state index is 9.84. The fraction of sp³-hybridized carbons (Fsp3) is 0.200. The number of esters is 1. The predicted molar refractivity (Wildman–Crippen MR) is 30.6 cm³/mol. The van der Waals surface area contributed by atoms with Crippen molar-refractivity contribution in [2.45, 2.75) is 0 Å². The zero-order chi connectivity index (χ0) is 7.70. The lowest BCUT2D eigenvalue weighted by Crippen LogP contribution is -1.91. The van der Waals surface area contributed by atoms with Crippen molar-refractivity contribution in [2.24, 2.45) is 0 Å². The van der Waals surface area contributed by atoms with Crippen LogP contribution in [-0.4, -0.2) is 19.2 Å². The van der Waals surface area contributed by atoms with Crippen LogP contribution in [0.4, 0.5) is 0 Å². The van der Waals surface area contributed by atoms with E-state index in [0.29, 0.717) is 0 Å². The van der Waals surface area contributed by atoms with Crippen LogP contribution in [0.1, 0.15) is 0 Å². The van der Waals surface area contributed by atoms with E-state index in [2.05, 4.69) is 11.3 Å². The summed E-state index contributed by atoms with van der Waals surface area (Å²) in [5.41, 5.74) is 0. The molecule has 0 rings (SSSR count). The molecule has 50 valence electrons. The van der Waals surface area contributed by atoms with Crippen molar-refractivity contribution in [3.05, 3.63) is 12.7 Å². The van der Waals surface area contributed by atoms with Crippen LogP contribution in [0.2, 0.25) is 0 Å². The van der Waals surface area contributed by atoms with Gasteiger partial charge in [-0.2, -0.15) is 0 Å². The summed E-state index contributed by atoms with van der Waals surface area (Å²) in [6.07, 6.45) is 1.86. The van der Waals surface area contributed by atoms with Crippen molar-refractivity contribution in [2.75, 3.05) is 7.11 Å². The van der Waals surface area contributed by atoms with Gasteiger partial charge in [0, 0.05) is 6.08 Å². The second-order valence-corrected chi connectivity index (χ2v) is 0.829. The maximum absolute atomic E-state index is 9.84. The summed E-state index contributed by atoms with van der Waals surface area (Å²) in [6, 6.07) is 0. The van der Waals surface area contributed by atoms with Crippen molar-refractivity contribution in [3.63, 3.8) is 0 Å². The average Bonchev–Trinajstić information content (AvgIpc) is 1.88. The molecule has 0 aliphatic carbocycles. The molecule has 4 heteroatoms. The van der Waals surface area contributed by atoms with E-state index in [9.17, 15) is 4.79 Å². The molecule has 0 saturated heterocycles. The Kier molecular flexibility index (Phi) is 11.5. The van der Waals surface area contributed by atoms with Gasteiger partial charge in [0.1, 0.15) is 0 Å². The van der Waals surface area contributed by atoms with E-state index in [0.717, 1.165) is 12.2 Å². The van der Waals surface area contributed by atoms with Gasteiger partial charge in [-0.3, -0.25) is 0 Å². The molecule has 0 unspecified atom stereocenters. The van der Waals surface area contributed by atoms with Crippen LogP contribution >= 0.6 is 0 Å². The first-order chi connectivity index (χ1) is 4.22. The van der Waals surface area contributed by atoms with Gasteiger partial charge in [0.15, 0.2) is 0 Å². The van der Waals surface area contributed by atoms with E-state index >= 15 is 0 Å². The second-order valence-electron chi connectivity index (χ2n) is 0.829. The lowest BCUT2D eigenvalue weighted by Gasteiger charge is -1.83. The standard InChI is InChI=1S/C4H6O2.CHNO/c1-3-4(5)6-2;2-1-3/h3H,1H2,2H3;2H. The van der Waals surface area contributed by atoms with E-state index in [1.54, 1.807) is 0 Å². The highest BCUT2D eigenvalue weighted by Crippen LogP contribution is 1.67. The average molecular weight is 129 g/mol. The number of rotatable bonds is 1. The molecule has 0 saturated carbocycles. The van der Waals surface area contributed by atoms with Crippen molar-refractivity contribution in [3.8, 4) is 0 Å². The van der Waals surface area contributed by atoms with Crippen molar-refractivity contribution < 1.29 is 14.3 Å². The topological polar surface area (TPSA) is 67.2 Å². The summed E-state index contributed by atoms with van der Waals surface area (Å²) in [4.78, 5) is 18.2. The quantitative estimate of drug-likeness (QED) is 0.239. The molecule has 0 heterocycles. The van der Waals surface area contributed by atoms with Crippen LogP contribution in [0, 0.1) is 5.41 Å². The van der Waals surface area contributed by atoms with Gasteiger partial charge in [0.2, 0.25) is 6.08 Å². The number of methoxy groups -OCH3 is 1. The normalized spacial score (nSPS) is 5.44. The minimum atomic E-state index is -0.394. The number of carbonyl (C=O) groups is 1. The minimum absolute atomic E-state index is 0.394. The first-order valence-corrected chi connectivity index (χ1v) is 1.97. The van der Waals surface area contributed by atoms with Crippen LogP contribution in [0.5, 0.6) is 0 Å². The van der Waals surface area contributed by atoms with E-state index in [1.165, 1.54) is 7.11 Å². The fourth-order valence-corrected chi connectivity index (χ4v) is 0.0833.